The summed E-state index contributed by atoms with van der Waals surface area (Å²) in [6, 6.07) is 7.56. The molecule has 8 nitrogen and oxygen atoms in total. The summed E-state index contributed by atoms with van der Waals surface area (Å²) < 4.78 is 34.3. The maximum absolute atomic E-state index is 13.3. The Morgan fingerprint density at radius 1 is 1.00 bits per heavy atom. The van der Waals surface area contributed by atoms with E-state index in [0.29, 0.717) is 19.6 Å². The fraction of sp³-hybridized carbons (Fsp3) is 0.615. The molecule has 0 aromatic heterocycles. The van der Waals surface area contributed by atoms with Crippen molar-refractivity contribution in [2.24, 2.45) is 11.3 Å². The minimum absolute atomic E-state index is 0.156. The molecule has 8 heteroatoms. The Labute approximate surface area is 200 Å². The van der Waals surface area contributed by atoms with E-state index < -0.39 is 34.8 Å². The molecule has 2 saturated heterocycles. The van der Waals surface area contributed by atoms with Crippen molar-refractivity contribution in [2.45, 2.75) is 71.7 Å². The van der Waals surface area contributed by atoms with Gasteiger partial charge in [0, 0.05) is 19.8 Å². The lowest BCUT2D eigenvalue weighted by Crippen LogP contribution is -2.59. The molecule has 0 unspecified atom stereocenters. The van der Waals surface area contributed by atoms with Crippen LogP contribution in [0, 0.1) is 11.3 Å². The number of carbonyl (C=O) groups excluding carboxylic acids is 2. The van der Waals surface area contributed by atoms with Crippen molar-refractivity contribution in [1.82, 2.24) is 0 Å². The van der Waals surface area contributed by atoms with Crippen LogP contribution in [-0.4, -0.2) is 49.9 Å². The number of esters is 2. The van der Waals surface area contributed by atoms with Gasteiger partial charge in [-0.3, -0.25) is 9.59 Å². The van der Waals surface area contributed by atoms with Gasteiger partial charge >= 0.3 is 11.9 Å². The third-order valence-electron chi connectivity index (χ3n) is 6.93. The van der Waals surface area contributed by atoms with Crippen LogP contribution in [0.1, 0.15) is 53.0 Å². The number of ether oxygens (including phenoxy) is 6. The van der Waals surface area contributed by atoms with E-state index >= 15 is 0 Å². The van der Waals surface area contributed by atoms with Gasteiger partial charge in [0.25, 0.3) is 5.79 Å². The zero-order valence-electron chi connectivity index (χ0n) is 20.8. The number of carbonyl (C=O) groups is 2. The second-order valence-electron chi connectivity index (χ2n) is 10.1. The summed E-state index contributed by atoms with van der Waals surface area (Å²) in [6.07, 6.45) is 0.545. The summed E-state index contributed by atoms with van der Waals surface area (Å²) in [5.41, 5.74) is 1.44. The van der Waals surface area contributed by atoms with Gasteiger partial charge in [-0.25, -0.2) is 0 Å². The number of benzene rings is 1. The van der Waals surface area contributed by atoms with Gasteiger partial charge in [-0.15, -0.1) is 0 Å². The van der Waals surface area contributed by atoms with E-state index in [0.717, 1.165) is 22.5 Å². The highest BCUT2D eigenvalue weighted by atomic mass is 16.8. The van der Waals surface area contributed by atoms with Gasteiger partial charge < -0.3 is 28.4 Å². The lowest BCUT2D eigenvalue weighted by atomic mass is 9.63. The molecule has 0 bridgehead atoms. The van der Waals surface area contributed by atoms with E-state index in [1.165, 1.54) is 0 Å². The number of methoxy groups -OCH3 is 1. The predicted octanol–water partition coefficient (Wildman–Crippen LogP) is 3.91. The van der Waals surface area contributed by atoms with Crippen LogP contribution in [0.5, 0.6) is 5.75 Å². The molecule has 2 atom stereocenters. The molecule has 3 aliphatic rings. The van der Waals surface area contributed by atoms with E-state index in [9.17, 15) is 9.59 Å². The fourth-order valence-electron chi connectivity index (χ4n) is 5.08. The topological polar surface area (TPSA) is 89.5 Å². The molecule has 1 aromatic rings. The molecule has 2 fully saturated rings. The number of hydrogen-bond donors (Lipinski definition) is 0. The molecule has 0 radical (unpaired) electrons. The molecule has 34 heavy (non-hydrogen) atoms. The molecule has 1 aromatic carbocycles. The molecule has 2 heterocycles. The summed E-state index contributed by atoms with van der Waals surface area (Å²) in [5.74, 6) is -2.88. The normalized spacial score (nSPS) is 27.5. The first kappa shape index (κ1) is 24.7. The minimum atomic E-state index is -1.45. The standard InChI is InChI=1S/C26H34O8/c1-16-19(21-15-31-24(2,3)32-21)11-12-26(22(27)33-25(4,5)34-23(26)28)20(16)14-30-13-17-7-9-18(29-6)10-8-17/h7-10,20-21H,11-15H2,1-6H3/t20-,21-/m0/s1. The van der Waals surface area contributed by atoms with Gasteiger partial charge in [0.2, 0.25) is 0 Å². The van der Waals surface area contributed by atoms with Crippen molar-refractivity contribution in [3.63, 3.8) is 0 Å². The van der Waals surface area contributed by atoms with Crippen LogP contribution in [0.25, 0.3) is 0 Å². The average Bonchev–Trinajstić information content (AvgIpc) is 3.12. The Bertz CT molecular complexity index is 955. The van der Waals surface area contributed by atoms with E-state index in [2.05, 4.69) is 0 Å². The SMILES string of the molecule is COc1ccc(COC[C@H]2C(C)=C([C@@H]3COC(C)(C)O3)CCC23C(=O)OC(C)(C)OC3=O)cc1. The monoisotopic (exact) mass is 474 g/mol. The van der Waals surface area contributed by atoms with Gasteiger partial charge in [0.1, 0.15) is 11.9 Å². The van der Waals surface area contributed by atoms with Crippen molar-refractivity contribution in [3.05, 3.63) is 41.0 Å². The highest BCUT2D eigenvalue weighted by Crippen LogP contribution is 2.51. The van der Waals surface area contributed by atoms with Crippen molar-refractivity contribution < 1.29 is 38.0 Å². The lowest BCUT2D eigenvalue weighted by molar-refractivity contribution is -0.257. The number of cyclic esters (lactones) is 2. The third kappa shape index (κ3) is 4.59. The maximum atomic E-state index is 13.3. The van der Waals surface area contributed by atoms with Crippen LogP contribution in [0.4, 0.5) is 0 Å². The van der Waals surface area contributed by atoms with Gasteiger partial charge in [-0.2, -0.15) is 0 Å². The molecule has 0 N–H and O–H groups in total. The molecule has 4 rings (SSSR count). The second-order valence-corrected chi connectivity index (χ2v) is 10.1. The second kappa shape index (κ2) is 8.98. The van der Waals surface area contributed by atoms with Crippen LogP contribution in [-0.2, 0) is 39.9 Å². The first-order valence-corrected chi connectivity index (χ1v) is 11.7. The summed E-state index contributed by atoms with van der Waals surface area (Å²) >= 11 is 0. The Balaban J connectivity index is 1.61. The van der Waals surface area contributed by atoms with Gasteiger partial charge in [-0.05, 0) is 56.9 Å². The number of hydrogen-bond acceptors (Lipinski definition) is 8. The molecule has 186 valence electrons. The number of rotatable bonds is 6. The van der Waals surface area contributed by atoms with E-state index in [1.807, 2.05) is 45.0 Å². The summed E-state index contributed by atoms with van der Waals surface area (Å²) in [7, 11) is 1.62. The first-order chi connectivity index (χ1) is 16.0. The summed E-state index contributed by atoms with van der Waals surface area (Å²) in [5, 5.41) is 0. The molecule has 0 saturated carbocycles. The average molecular weight is 475 g/mol. The Kier molecular flexibility index (Phi) is 6.52. The van der Waals surface area contributed by atoms with Crippen LogP contribution >= 0.6 is 0 Å². The molecule has 1 aliphatic carbocycles. The Morgan fingerprint density at radius 3 is 2.21 bits per heavy atom. The Hall–Kier alpha value is -2.42. The van der Waals surface area contributed by atoms with Gasteiger partial charge in [0.15, 0.2) is 11.2 Å². The van der Waals surface area contributed by atoms with Crippen LogP contribution in [0.2, 0.25) is 0 Å². The summed E-state index contributed by atoms with van der Waals surface area (Å²) in [6.45, 7) is 9.72. The predicted molar refractivity (Wildman–Crippen MR) is 122 cm³/mol. The van der Waals surface area contributed by atoms with Crippen molar-refractivity contribution in [2.75, 3.05) is 20.3 Å². The van der Waals surface area contributed by atoms with Crippen molar-refractivity contribution >= 4 is 11.9 Å². The molecule has 2 aliphatic heterocycles. The zero-order chi connectivity index (χ0) is 24.7. The van der Waals surface area contributed by atoms with E-state index in [1.54, 1.807) is 21.0 Å². The molecule has 1 spiro atoms. The maximum Gasteiger partial charge on any atom is 0.327 e. The van der Waals surface area contributed by atoms with E-state index in [4.69, 9.17) is 28.4 Å². The Morgan fingerprint density at radius 2 is 1.65 bits per heavy atom. The summed E-state index contributed by atoms with van der Waals surface area (Å²) in [4.78, 5) is 26.6. The fourth-order valence-corrected chi connectivity index (χ4v) is 5.08. The first-order valence-electron chi connectivity index (χ1n) is 11.7. The quantitative estimate of drug-likeness (QED) is 0.348. The molecule has 0 amide bonds. The van der Waals surface area contributed by atoms with Crippen LogP contribution < -0.4 is 4.74 Å². The van der Waals surface area contributed by atoms with Crippen LogP contribution in [0.15, 0.2) is 35.4 Å². The van der Waals surface area contributed by atoms with Crippen molar-refractivity contribution in [1.29, 1.82) is 0 Å². The van der Waals surface area contributed by atoms with Gasteiger partial charge in [-0.1, -0.05) is 17.7 Å². The molecular formula is C26H34O8. The molecular weight excluding hydrogens is 440 g/mol. The highest BCUT2D eigenvalue weighted by Gasteiger charge is 2.62. The van der Waals surface area contributed by atoms with Crippen LogP contribution in [0.3, 0.4) is 0 Å². The lowest BCUT2D eigenvalue weighted by Gasteiger charge is -2.47. The van der Waals surface area contributed by atoms with Crippen molar-refractivity contribution in [3.8, 4) is 5.75 Å². The minimum Gasteiger partial charge on any atom is -0.497 e. The highest BCUT2D eigenvalue weighted by molar-refractivity contribution is 6.02. The third-order valence-corrected chi connectivity index (χ3v) is 6.93. The van der Waals surface area contributed by atoms with Gasteiger partial charge in [0.05, 0.1) is 26.9 Å². The van der Waals surface area contributed by atoms with E-state index in [-0.39, 0.29) is 19.1 Å². The largest absolute Gasteiger partial charge is 0.497 e. The zero-order valence-corrected chi connectivity index (χ0v) is 20.8. The smallest absolute Gasteiger partial charge is 0.327 e.